The van der Waals surface area contributed by atoms with Crippen molar-refractivity contribution in [2.75, 3.05) is 0 Å². The summed E-state index contributed by atoms with van der Waals surface area (Å²) in [7, 11) is 0. The van der Waals surface area contributed by atoms with Crippen molar-refractivity contribution in [3.05, 3.63) is 133 Å². The Morgan fingerprint density at radius 3 is 1.18 bits per heavy atom. The first-order valence-electron chi connectivity index (χ1n) is 17.0. The molecular weight excluding hydrogens is 521 g/mol. The van der Waals surface area contributed by atoms with Gasteiger partial charge in [0.05, 0.1) is 11.0 Å². The largest absolute Gasteiger partial charge is 0.135 e. The highest BCUT2D eigenvalue weighted by atomic mass is 32.1. The van der Waals surface area contributed by atoms with Crippen LogP contribution < -0.4 is 0 Å². The molecule has 0 aliphatic carbocycles. The second-order valence-electron chi connectivity index (χ2n) is 9.81. The molecule has 7 aromatic carbocycles. The molecule has 40 heavy (non-hydrogen) atoms. The molecule has 0 N–H and O–H groups in total. The third kappa shape index (κ3) is 3.06. The first-order chi connectivity index (χ1) is 23.2. The molecule has 0 fully saturated rings. The molecule has 0 atom stereocenters. The number of hydrogen-bond acceptors (Lipinski definition) is 2. The van der Waals surface area contributed by atoms with E-state index in [1.165, 1.54) is 0 Å². The molecule has 186 valence electrons. The number of thiophene rings is 2. The van der Waals surface area contributed by atoms with E-state index < -0.39 is 24.2 Å². The number of hydrogen-bond donors (Lipinski definition) is 0. The van der Waals surface area contributed by atoms with Gasteiger partial charge < -0.3 is 0 Å². The third-order valence-electron chi connectivity index (χ3n) is 7.72. The Morgan fingerprint density at radius 2 is 0.750 bits per heavy atom. The van der Waals surface area contributed by atoms with Gasteiger partial charge in [0.2, 0.25) is 0 Å². The minimum Gasteiger partial charge on any atom is -0.135 e. The molecular formula is C38H22S2. The minimum atomic E-state index is -0.400. The van der Waals surface area contributed by atoms with Crippen LogP contribution in [0.25, 0.3) is 84.1 Å². The predicted molar refractivity (Wildman–Crippen MR) is 178 cm³/mol. The maximum atomic E-state index is 9.36. The normalized spacial score (nSPS) is 14.8. The van der Waals surface area contributed by atoms with Crippen LogP contribution in [-0.4, -0.2) is 0 Å². The average Bonchev–Trinajstić information content (AvgIpc) is 3.69. The molecule has 0 aliphatic rings. The smallest absolute Gasteiger partial charge is 0.0629 e. The Labute approximate surface area is 250 Å². The standard InChI is InChI=1S/C38H22S2/c1-2-14-26-25(13-1)35(31-19-9-17-29-23-11-5-7-21-33(23)39-37(29)31)27-15-3-4-16-28(27)36(26)32-20-10-18-30-24-12-6-8-22-34(24)40-38(30)32/h1-22H/i1D,2D,3D,4D,13D,14D,15D,16D. The highest BCUT2D eigenvalue weighted by Crippen LogP contribution is 2.49. The lowest BCUT2D eigenvalue weighted by Gasteiger charge is -2.18. The van der Waals surface area contributed by atoms with E-state index in [2.05, 4.69) is 0 Å². The quantitative estimate of drug-likeness (QED) is 0.188. The Hall–Kier alpha value is -4.50. The van der Waals surface area contributed by atoms with Crippen LogP contribution in [0.2, 0.25) is 0 Å². The van der Waals surface area contributed by atoms with Gasteiger partial charge in [-0.1, -0.05) is 121 Å². The van der Waals surface area contributed by atoms with E-state index in [9.17, 15) is 5.48 Å². The summed E-state index contributed by atoms with van der Waals surface area (Å²) in [5.74, 6) is 0. The van der Waals surface area contributed by atoms with Crippen LogP contribution in [0, 0.1) is 0 Å². The van der Waals surface area contributed by atoms with Crippen LogP contribution in [0.1, 0.15) is 11.0 Å². The lowest BCUT2D eigenvalue weighted by atomic mass is 9.85. The fraction of sp³-hybridized carbons (Fsp3) is 0. The van der Waals surface area contributed by atoms with Gasteiger partial charge in [-0.05, 0) is 44.8 Å². The SMILES string of the molecule is [2H]c1c([2H])c([2H])c2c(-c3cccc4c3sc3ccccc34)c3c([2H])c([2H])c([2H])c([2H])c3c(-c3cccc4c3sc3ccccc34)c2c1[2H]. The summed E-state index contributed by atoms with van der Waals surface area (Å²) < 4.78 is 76.5. The van der Waals surface area contributed by atoms with Gasteiger partial charge in [0.25, 0.3) is 0 Å². The number of rotatable bonds is 2. The maximum Gasteiger partial charge on any atom is 0.0629 e. The topological polar surface area (TPSA) is 0 Å². The molecule has 0 saturated carbocycles. The molecule has 0 bridgehead atoms. The number of benzene rings is 7. The van der Waals surface area contributed by atoms with Crippen molar-refractivity contribution in [3.8, 4) is 22.3 Å². The van der Waals surface area contributed by atoms with Gasteiger partial charge in [-0.25, -0.2) is 0 Å². The molecule has 0 radical (unpaired) electrons. The van der Waals surface area contributed by atoms with Crippen LogP contribution >= 0.6 is 22.7 Å². The summed E-state index contributed by atoms with van der Waals surface area (Å²) in [6.45, 7) is 0. The van der Waals surface area contributed by atoms with Crippen LogP contribution in [-0.2, 0) is 0 Å². The molecule has 0 saturated heterocycles. The van der Waals surface area contributed by atoms with Gasteiger partial charge >= 0.3 is 0 Å². The lowest BCUT2D eigenvalue weighted by molar-refractivity contribution is 1.71. The fourth-order valence-corrected chi connectivity index (χ4v) is 8.50. The first kappa shape index (κ1) is 15.9. The molecule has 9 aromatic rings. The van der Waals surface area contributed by atoms with E-state index in [0.29, 0.717) is 22.3 Å². The first-order valence-corrected chi connectivity index (χ1v) is 14.6. The predicted octanol–water partition coefficient (Wildman–Crippen LogP) is 12.1. The molecule has 0 nitrogen and oxygen atoms in total. The van der Waals surface area contributed by atoms with Gasteiger partial charge in [0.15, 0.2) is 0 Å². The monoisotopic (exact) mass is 550 g/mol. The van der Waals surface area contributed by atoms with E-state index in [4.69, 9.17) is 5.48 Å². The van der Waals surface area contributed by atoms with Gasteiger partial charge in [0.1, 0.15) is 0 Å². The van der Waals surface area contributed by atoms with Crippen molar-refractivity contribution in [2.24, 2.45) is 0 Å². The van der Waals surface area contributed by atoms with Crippen molar-refractivity contribution in [2.45, 2.75) is 0 Å². The minimum absolute atomic E-state index is 0.233. The summed E-state index contributed by atoms with van der Waals surface area (Å²) in [6, 6.07) is 25.1. The average molecular weight is 551 g/mol. The Kier molecular flexibility index (Phi) is 3.38. The zero-order chi connectivity index (χ0) is 33.2. The second kappa shape index (κ2) is 8.50. The van der Waals surface area contributed by atoms with Gasteiger partial charge in [-0.3, -0.25) is 0 Å². The molecule has 0 aliphatic heterocycles. The highest BCUT2D eigenvalue weighted by molar-refractivity contribution is 7.26. The maximum absolute atomic E-state index is 9.36. The molecule has 0 unspecified atom stereocenters. The van der Waals surface area contributed by atoms with Crippen LogP contribution in [0.5, 0.6) is 0 Å². The second-order valence-corrected chi connectivity index (χ2v) is 11.9. The Morgan fingerprint density at radius 1 is 0.375 bits per heavy atom. The van der Waals surface area contributed by atoms with E-state index in [0.717, 1.165) is 40.3 Å². The van der Waals surface area contributed by atoms with Gasteiger partial charge in [-0.15, -0.1) is 22.7 Å². The van der Waals surface area contributed by atoms with E-state index in [-0.39, 0.29) is 45.7 Å². The number of fused-ring (bicyclic) bond motifs is 8. The molecule has 0 amide bonds. The summed E-state index contributed by atoms with van der Waals surface area (Å²) >= 11 is 3.12. The molecule has 0 spiro atoms. The van der Waals surface area contributed by atoms with Crippen molar-refractivity contribution in [3.63, 3.8) is 0 Å². The van der Waals surface area contributed by atoms with Crippen LogP contribution in [0.15, 0.2) is 133 Å². The summed E-state index contributed by atoms with van der Waals surface area (Å²) in [5, 5.41) is 4.96. The van der Waals surface area contributed by atoms with Crippen molar-refractivity contribution in [1.82, 2.24) is 0 Å². The molecule has 2 aromatic heterocycles. The van der Waals surface area contributed by atoms with Crippen LogP contribution in [0.3, 0.4) is 0 Å². The molecule has 2 heteroatoms. The van der Waals surface area contributed by atoms with E-state index in [1.54, 1.807) is 22.7 Å². The van der Waals surface area contributed by atoms with Gasteiger partial charge in [-0.2, -0.15) is 0 Å². The summed E-state index contributed by atoms with van der Waals surface area (Å²) in [6.07, 6.45) is 0. The van der Waals surface area contributed by atoms with Crippen molar-refractivity contribution >= 4 is 84.6 Å². The third-order valence-corrected chi connectivity index (χ3v) is 10.2. The Balaban J connectivity index is 1.61. The van der Waals surface area contributed by atoms with E-state index in [1.807, 2.05) is 84.9 Å². The summed E-state index contributed by atoms with van der Waals surface area (Å²) in [5.41, 5.74) is 2.07. The zero-order valence-corrected chi connectivity index (χ0v) is 22.5. The summed E-state index contributed by atoms with van der Waals surface area (Å²) in [4.78, 5) is 0. The zero-order valence-electron chi connectivity index (χ0n) is 28.9. The molecule has 2 heterocycles. The van der Waals surface area contributed by atoms with Crippen molar-refractivity contribution < 1.29 is 11.0 Å². The highest BCUT2D eigenvalue weighted by Gasteiger charge is 2.20. The molecule has 9 rings (SSSR count). The van der Waals surface area contributed by atoms with E-state index >= 15 is 0 Å². The lowest BCUT2D eigenvalue weighted by Crippen LogP contribution is -1.91. The van der Waals surface area contributed by atoms with Crippen molar-refractivity contribution in [1.29, 1.82) is 0 Å². The fourth-order valence-electron chi connectivity index (χ4n) is 6.05. The van der Waals surface area contributed by atoms with Gasteiger partial charge in [0, 0.05) is 51.5 Å². The Bertz CT molecular complexity index is 2610. The van der Waals surface area contributed by atoms with Crippen LogP contribution in [0.4, 0.5) is 0 Å².